The van der Waals surface area contributed by atoms with Gasteiger partial charge in [-0.05, 0) is 42.3 Å². The maximum absolute atomic E-state index is 12.3. The van der Waals surface area contributed by atoms with E-state index in [0.29, 0.717) is 17.3 Å². The van der Waals surface area contributed by atoms with Gasteiger partial charge in [-0.1, -0.05) is 53.5 Å². The molecule has 3 aromatic rings. The zero-order chi connectivity index (χ0) is 17.7. The van der Waals surface area contributed by atoms with E-state index in [1.165, 1.54) is 0 Å². The summed E-state index contributed by atoms with van der Waals surface area (Å²) in [7, 11) is 0. The van der Waals surface area contributed by atoms with Gasteiger partial charge in [-0.15, -0.1) is 0 Å². The van der Waals surface area contributed by atoms with Crippen LogP contribution in [-0.2, 0) is 6.54 Å². The number of aromatic amines is 1. The number of halogens is 2. The van der Waals surface area contributed by atoms with Gasteiger partial charge in [0.05, 0.1) is 5.52 Å². The third kappa shape index (κ3) is 3.97. The molecule has 126 valence electrons. The van der Waals surface area contributed by atoms with E-state index in [-0.39, 0.29) is 5.91 Å². The molecular weight excluding hydrogens is 390 g/mol. The lowest BCUT2D eigenvalue weighted by Gasteiger charge is -2.05. The highest BCUT2D eigenvalue weighted by atomic mass is 79.9. The van der Waals surface area contributed by atoms with Gasteiger partial charge in [0.25, 0.3) is 5.91 Å². The van der Waals surface area contributed by atoms with E-state index in [0.717, 1.165) is 26.5 Å². The highest BCUT2D eigenvalue weighted by Crippen LogP contribution is 2.26. The first-order valence-corrected chi connectivity index (χ1v) is 8.89. The lowest BCUT2D eigenvalue weighted by molar-refractivity contribution is 0.0947. The molecule has 0 radical (unpaired) electrons. The summed E-state index contributed by atoms with van der Waals surface area (Å²) in [6.07, 6.45) is 0. The molecule has 1 aromatic heterocycles. The third-order valence-electron chi connectivity index (χ3n) is 3.51. The zero-order valence-corrected chi connectivity index (χ0v) is 16.1. The van der Waals surface area contributed by atoms with Gasteiger partial charge in [-0.2, -0.15) is 5.10 Å². The van der Waals surface area contributed by atoms with E-state index in [4.69, 9.17) is 11.6 Å². The zero-order valence-electron chi connectivity index (χ0n) is 13.8. The number of carbonyl (C=O) groups excluding carboxylic acids is 1. The van der Waals surface area contributed by atoms with Gasteiger partial charge < -0.3 is 5.32 Å². The molecule has 24 heavy (non-hydrogen) atoms. The van der Waals surface area contributed by atoms with Crippen molar-refractivity contribution in [1.29, 1.82) is 0 Å². The summed E-state index contributed by atoms with van der Waals surface area (Å²) in [4.78, 5) is 12.3. The van der Waals surface area contributed by atoms with Gasteiger partial charge in [0.1, 0.15) is 5.69 Å². The van der Waals surface area contributed by atoms with Crippen LogP contribution in [0.1, 0.15) is 35.5 Å². The molecule has 6 heteroatoms. The van der Waals surface area contributed by atoms with Crippen molar-refractivity contribution in [3.8, 4) is 0 Å². The minimum Gasteiger partial charge on any atom is -0.347 e. The molecule has 0 aliphatic heterocycles. The van der Waals surface area contributed by atoms with Crippen LogP contribution in [0.2, 0.25) is 5.02 Å². The quantitative estimate of drug-likeness (QED) is 0.622. The molecule has 0 bridgehead atoms. The molecule has 1 heterocycles. The van der Waals surface area contributed by atoms with Crippen LogP contribution in [0.3, 0.4) is 0 Å². The van der Waals surface area contributed by atoms with Gasteiger partial charge in [0.15, 0.2) is 0 Å². The number of nitrogens with one attached hydrogen (secondary N) is 2. The summed E-state index contributed by atoms with van der Waals surface area (Å²) in [6.45, 7) is 6.40. The third-order valence-corrected chi connectivity index (χ3v) is 4.62. The summed E-state index contributed by atoms with van der Waals surface area (Å²) in [5, 5.41) is 11.4. The monoisotopic (exact) mass is 407 g/mol. The molecule has 0 unspecified atom stereocenters. The molecule has 1 amide bonds. The lowest BCUT2D eigenvalue weighted by Crippen LogP contribution is -2.23. The number of H-pyrrole nitrogens is 1. The fourth-order valence-corrected chi connectivity index (χ4v) is 2.69. The number of aromatic nitrogens is 2. The van der Waals surface area contributed by atoms with Gasteiger partial charge >= 0.3 is 0 Å². The number of fused-ring (bicyclic) bond motifs is 1. The second-order valence-electron chi connectivity index (χ2n) is 4.98. The van der Waals surface area contributed by atoms with Crippen LogP contribution >= 0.6 is 27.5 Å². The number of hydrogen-bond donors (Lipinski definition) is 2. The average molecular weight is 409 g/mol. The number of aryl methyl sites for hydroxylation is 1. The second-order valence-corrected chi connectivity index (χ2v) is 6.27. The van der Waals surface area contributed by atoms with Crippen LogP contribution in [0, 0.1) is 6.92 Å². The van der Waals surface area contributed by atoms with Gasteiger partial charge in [0.2, 0.25) is 0 Å². The summed E-state index contributed by atoms with van der Waals surface area (Å²) in [5.74, 6) is -0.181. The standard InChI is InChI=1S/C16H13BrClN3O.C2H6/c1-9-13(17)7-6-12-14(9)20-21-15(12)16(22)19-8-10-2-4-11(18)5-3-10;1-2/h2-7H,8H2,1H3,(H,19,22)(H,20,21);1-2H3. The SMILES string of the molecule is CC.Cc1c(Br)ccc2c(C(=O)NCc3ccc(Cl)cc3)[nH]nc12. The Balaban J connectivity index is 0.00000100. The Morgan fingerprint density at radius 2 is 1.88 bits per heavy atom. The van der Waals surface area contributed by atoms with Gasteiger partial charge in [-0.25, -0.2) is 0 Å². The molecule has 0 saturated carbocycles. The first-order chi connectivity index (χ1) is 11.6. The van der Waals surface area contributed by atoms with Crippen LogP contribution in [-0.4, -0.2) is 16.1 Å². The van der Waals surface area contributed by atoms with Crippen molar-refractivity contribution in [2.45, 2.75) is 27.3 Å². The first-order valence-electron chi connectivity index (χ1n) is 7.72. The largest absolute Gasteiger partial charge is 0.347 e. The van der Waals surface area contributed by atoms with Crippen LogP contribution in [0.15, 0.2) is 40.9 Å². The summed E-state index contributed by atoms with van der Waals surface area (Å²) in [6, 6.07) is 11.2. The normalized spacial score (nSPS) is 10.2. The first kappa shape index (κ1) is 18.5. The van der Waals surface area contributed by atoms with Crippen LogP contribution < -0.4 is 5.32 Å². The van der Waals surface area contributed by atoms with E-state index < -0.39 is 0 Å². The summed E-state index contributed by atoms with van der Waals surface area (Å²) >= 11 is 9.31. The average Bonchev–Trinajstić information content (AvgIpc) is 3.04. The maximum atomic E-state index is 12.3. The fourth-order valence-electron chi connectivity index (χ4n) is 2.24. The summed E-state index contributed by atoms with van der Waals surface area (Å²) in [5.41, 5.74) is 3.26. The Kier molecular flexibility index (Phi) is 6.40. The number of nitrogens with zero attached hydrogens (tertiary/aromatic N) is 1. The van der Waals surface area contributed by atoms with Crippen LogP contribution in [0.4, 0.5) is 0 Å². The Labute approximate surface area is 154 Å². The highest BCUT2D eigenvalue weighted by Gasteiger charge is 2.15. The molecule has 0 fully saturated rings. The minimum atomic E-state index is -0.181. The molecule has 0 saturated heterocycles. The Morgan fingerprint density at radius 3 is 2.54 bits per heavy atom. The molecule has 0 spiro atoms. The number of benzene rings is 2. The molecule has 3 rings (SSSR count). The molecule has 2 N–H and O–H groups in total. The van der Waals surface area contributed by atoms with Crippen molar-refractivity contribution in [2.75, 3.05) is 0 Å². The van der Waals surface area contributed by atoms with Crippen molar-refractivity contribution in [2.24, 2.45) is 0 Å². The van der Waals surface area contributed by atoms with E-state index in [2.05, 4.69) is 31.4 Å². The van der Waals surface area contributed by atoms with Crippen LogP contribution in [0.25, 0.3) is 10.9 Å². The molecule has 4 nitrogen and oxygen atoms in total. The van der Waals surface area contributed by atoms with E-state index in [1.807, 2.05) is 45.0 Å². The van der Waals surface area contributed by atoms with Crippen molar-refractivity contribution in [3.63, 3.8) is 0 Å². The van der Waals surface area contributed by atoms with E-state index >= 15 is 0 Å². The Morgan fingerprint density at radius 1 is 1.21 bits per heavy atom. The van der Waals surface area contributed by atoms with Crippen molar-refractivity contribution in [3.05, 3.63) is 62.7 Å². The smallest absolute Gasteiger partial charge is 0.270 e. The molecule has 0 atom stereocenters. The number of carbonyl (C=O) groups is 1. The lowest BCUT2D eigenvalue weighted by atomic mass is 10.1. The second kappa shape index (κ2) is 8.31. The fraction of sp³-hybridized carbons (Fsp3) is 0.222. The highest BCUT2D eigenvalue weighted by molar-refractivity contribution is 9.10. The molecule has 0 aliphatic rings. The Hall–Kier alpha value is -1.85. The molecule has 0 aliphatic carbocycles. The number of rotatable bonds is 3. The van der Waals surface area contributed by atoms with Gasteiger partial charge in [0, 0.05) is 21.4 Å². The van der Waals surface area contributed by atoms with Crippen molar-refractivity contribution in [1.82, 2.24) is 15.5 Å². The van der Waals surface area contributed by atoms with E-state index in [9.17, 15) is 4.79 Å². The van der Waals surface area contributed by atoms with Crippen LogP contribution in [0.5, 0.6) is 0 Å². The predicted molar refractivity (Wildman–Crippen MR) is 103 cm³/mol. The van der Waals surface area contributed by atoms with Crippen molar-refractivity contribution < 1.29 is 4.79 Å². The van der Waals surface area contributed by atoms with Crippen molar-refractivity contribution >= 4 is 44.3 Å². The number of amides is 1. The van der Waals surface area contributed by atoms with Gasteiger partial charge in [-0.3, -0.25) is 9.89 Å². The number of hydrogen-bond acceptors (Lipinski definition) is 2. The molecular formula is C18H19BrClN3O. The minimum absolute atomic E-state index is 0.181. The maximum Gasteiger partial charge on any atom is 0.270 e. The molecule has 2 aromatic carbocycles. The Bertz CT molecular complexity index is 843. The van der Waals surface area contributed by atoms with E-state index in [1.54, 1.807) is 12.1 Å². The predicted octanol–water partition coefficient (Wildman–Crippen LogP) is 5.24. The summed E-state index contributed by atoms with van der Waals surface area (Å²) < 4.78 is 0.972. The topological polar surface area (TPSA) is 57.8 Å².